The van der Waals surface area contributed by atoms with E-state index in [1.54, 1.807) is 0 Å². The molecule has 1 unspecified atom stereocenters. The maximum Gasteiger partial charge on any atom is 0.0555 e. The van der Waals surface area contributed by atoms with Gasteiger partial charge in [-0.3, -0.25) is 4.90 Å². The molecule has 3 N–H and O–H groups in total. The third kappa shape index (κ3) is 4.35. The fourth-order valence-electron chi connectivity index (χ4n) is 2.84. The van der Waals surface area contributed by atoms with Crippen LogP contribution in [0.5, 0.6) is 0 Å². The summed E-state index contributed by atoms with van der Waals surface area (Å²) in [6.07, 6.45) is 4.56. The first kappa shape index (κ1) is 15.1. The van der Waals surface area contributed by atoms with Gasteiger partial charge < -0.3 is 10.8 Å². The van der Waals surface area contributed by atoms with Crippen molar-refractivity contribution in [3.63, 3.8) is 0 Å². The molecule has 0 aromatic heterocycles. The van der Waals surface area contributed by atoms with Crippen LogP contribution in [0.2, 0.25) is 0 Å². The van der Waals surface area contributed by atoms with E-state index in [2.05, 4.69) is 41.0 Å². The lowest BCUT2D eigenvalue weighted by Gasteiger charge is -2.24. The Morgan fingerprint density at radius 3 is 2.80 bits per heavy atom. The number of aliphatic hydroxyl groups excluding tert-OH is 1. The van der Waals surface area contributed by atoms with Gasteiger partial charge in [0.1, 0.15) is 0 Å². The Morgan fingerprint density at radius 2 is 2.10 bits per heavy atom. The summed E-state index contributed by atoms with van der Waals surface area (Å²) in [5, 5.41) is 8.96. The van der Waals surface area contributed by atoms with Crippen molar-refractivity contribution < 1.29 is 5.11 Å². The summed E-state index contributed by atoms with van der Waals surface area (Å²) >= 11 is 0. The summed E-state index contributed by atoms with van der Waals surface area (Å²) in [7, 11) is 0. The molecule has 3 nitrogen and oxygen atoms in total. The normalized spacial score (nSPS) is 18.8. The van der Waals surface area contributed by atoms with Crippen molar-refractivity contribution in [1.82, 2.24) is 4.90 Å². The highest BCUT2D eigenvalue weighted by atomic mass is 16.2. The molecule has 1 aliphatic heterocycles. The molecule has 1 fully saturated rings. The molecule has 1 atom stereocenters. The topological polar surface area (TPSA) is 49.5 Å². The highest BCUT2D eigenvalue weighted by Gasteiger charge is 2.23. The number of benzene rings is 1. The zero-order valence-electron chi connectivity index (χ0n) is 12.0. The standard InChI is InChI=1S/C17H24N2O/c18-11-1-4-15-7-9-16(10-8-15)14-19-12-2-5-17(19)6-3-13-20/h7-10,17,20H,2-3,5-6,11-14,18H2. The Kier molecular flexibility index (Phi) is 6.07. The summed E-state index contributed by atoms with van der Waals surface area (Å²) in [4.78, 5) is 2.54. The number of hydrogen-bond acceptors (Lipinski definition) is 3. The Bertz CT molecular complexity index is 458. The van der Waals surface area contributed by atoms with Gasteiger partial charge in [0.05, 0.1) is 6.54 Å². The fourth-order valence-corrected chi connectivity index (χ4v) is 2.84. The molecule has 3 heteroatoms. The highest BCUT2D eigenvalue weighted by Crippen LogP contribution is 2.23. The Hall–Kier alpha value is -1.34. The lowest BCUT2D eigenvalue weighted by atomic mass is 10.1. The predicted molar refractivity (Wildman–Crippen MR) is 82.1 cm³/mol. The minimum atomic E-state index is 0.304. The number of aliphatic hydroxyl groups is 1. The van der Waals surface area contributed by atoms with Gasteiger partial charge in [0.2, 0.25) is 0 Å². The van der Waals surface area contributed by atoms with Gasteiger partial charge in [-0.2, -0.15) is 0 Å². The molecular formula is C17H24N2O. The zero-order valence-corrected chi connectivity index (χ0v) is 12.0. The van der Waals surface area contributed by atoms with Gasteiger partial charge in [0, 0.05) is 24.8 Å². The second kappa shape index (κ2) is 8.06. The molecule has 0 bridgehead atoms. The SMILES string of the molecule is NCC#Cc1ccc(CN2CCCC2CCCO)cc1. The molecule has 1 saturated heterocycles. The van der Waals surface area contributed by atoms with E-state index in [4.69, 9.17) is 10.8 Å². The lowest BCUT2D eigenvalue weighted by molar-refractivity contribution is 0.210. The van der Waals surface area contributed by atoms with E-state index in [-0.39, 0.29) is 0 Å². The third-order valence-electron chi connectivity index (χ3n) is 3.87. The summed E-state index contributed by atoms with van der Waals surface area (Å²) in [6.45, 7) is 2.88. The molecule has 108 valence electrons. The molecule has 0 aliphatic carbocycles. The number of hydrogen-bond donors (Lipinski definition) is 2. The smallest absolute Gasteiger partial charge is 0.0555 e. The molecule has 0 radical (unpaired) electrons. The van der Waals surface area contributed by atoms with E-state index in [9.17, 15) is 0 Å². The van der Waals surface area contributed by atoms with Gasteiger partial charge in [0.25, 0.3) is 0 Å². The van der Waals surface area contributed by atoms with E-state index in [0.29, 0.717) is 19.2 Å². The van der Waals surface area contributed by atoms with Crippen molar-refractivity contribution in [1.29, 1.82) is 0 Å². The monoisotopic (exact) mass is 272 g/mol. The molecule has 0 saturated carbocycles. The molecule has 1 aromatic rings. The highest BCUT2D eigenvalue weighted by molar-refractivity contribution is 5.36. The van der Waals surface area contributed by atoms with Crippen LogP contribution in [0.15, 0.2) is 24.3 Å². The zero-order chi connectivity index (χ0) is 14.2. The molecule has 1 aliphatic rings. The average molecular weight is 272 g/mol. The van der Waals surface area contributed by atoms with Crippen LogP contribution in [-0.4, -0.2) is 35.7 Å². The second-order valence-corrected chi connectivity index (χ2v) is 5.34. The van der Waals surface area contributed by atoms with Crippen LogP contribution in [-0.2, 0) is 6.54 Å². The van der Waals surface area contributed by atoms with Crippen LogP contribution in [0.25, 0.3) is 0 Å². The third-order valence-corrected chi connectivity index (χ3v) is 3.87. The number of likely N-dealkylation sites (tertiary alicyclic amines) is 1. The maximum absolute atomic E-state index is 8.96. The molecule has 1 heterocycles. The van der Waals surface area contributed by atoms with Crippen molar-refractivity contribution in [3.05, 3.63) is 35.4 Å². The molecule has 0 spiro atoms. The van der Waals surface area contributed by atoms with E-state index in [0.717, 1.165) is 24.9 Å². The quantitative estimate of drug-likeness (QED) is 0.803. The van der Waals surface area contributed by atoms with Crippen molar-refractivity contribution in [2.75, 3.05) is 19.7 Å². The number of rotatable bonds is 5. The van der Waals surface area contributed by atoms with Crippen LogP contribution in [0.4, 0.5) is 0 Å². The first-order chi connectivity index (χ1) is 9.83. The summed E-state index contributed by atoms with van der Waals surface area (Å²) in [6, 6.07) is 9.08. The van der Waals surface area contributed by atoms with Gasteiger partial charge in [-0.05, 0) is 49.9 Å². The van der Waals surface area contributed by atoms with Crippen LogP contribution in [0, 0.1) is 11.8 Å². The minimum absolute atomic E-state index is 0.304. The van der Waals surface area contributed by atoms with E-state index < -0.39 is 0 Å². The minimum Gasteiger partial charge on any atom is -0.396 e. The first-order valence-corrected chi connectivity index (χ1v) is 7.46. The summed E-state index contributed by atoms with van der Waals surface area (Å²) < 4.78 is 0. The molecule has 20 heavy (non-hydrogen) atoms. The van der Waals surface area contributed by atoms with Crippen LogP contribution >= 0.6 is 0 Å². The molecule has 0 amide bonds. The van der Waals surface area contributed by atoms with Gasteiger partial charge >= 0.3 is 0 Å². The van der Waals surface area contributed by atoms with E-state index in [1.165, 1.54) is 24.9 Å². The van der Waals surface area contributed by atoms with Gasteiger partial charge in [-0.1, -0.05) is 24.0 Å². The number of nitrogens with zero attached hydrogens (tertiary/aromatic N) is 1. The lowest BCUT2D eigenvalue weighted by Crippen LogP contribution is -2.29. The van der Waals surface area contributed by atoms with E-state index in [1.807, 2.05) is 0 Å². The molecule has 1 aromatic carbocycles. The van der Waals surface area contributed by atoms with E-state index >= 15 is 0 Å². The van der Waals surface area contributed by atoms with Gasteiger partial charge in [0.15, 0.2) is 0 Å². The summed E-state index contributed by atoms with van der Waals surface area (Å²) in [5.41, 5.74) is 7.73. The predicted octanol–water partition coefficient (Wildman–Crippen LogP) is 1.73. The molecule has 2 rings (SSSR count). The van der Waals surface area contributed by atoms with Crippen molar-refractivity contribution in [3.8, 4) is 11.8 Å². The van der Waals surface area contributed by atoms with Gasteiger partial charge in [-0.15, -0.1) is 0 Å². The van der Waals surface area contributed by atoms with Crippen LogP contribution in [0.1, 0.15) is 36.8 Å². The van der Waals surface area contributed by atoms with Crippen LogP contribution in [0.3, 0.4) is 0 Å². The van der Waals surface area contributed by atoms with Crippen LogP contribution < -0.4 is 5.73 Å². The first-order valence-electron chi connectivity index (χ1n) is 7.46. The Labute approximate surface area is 121 Å². The van der Waals surface area contributed by atoms with Crippen molar-refractivity contribution in [2.24, 2.45) is 5.73 Å². The molecular weight excluding hydrogens is 248 g/mol. The largest absolute Gasteiger partial charge is 0.396 e. The van der Waals surface area contributed by atoms with Crippen molar-refractivity contribution in [2.45, 2.75) is 38.3 Å². The van der Waals surface area contributed by atoms with Crippen molar-refractivity contribution >= 4 is 0 Å². The maximum atomic E-state index is 8.96. The Morgan fingerprint density at radius 1 is 1.30 bits per heavy atom. The summed E-state index contributed by atoms with van der Waals surface area (Å²) in [5.74, 6) is 5.92. The van der Waals surface area contributed by atoms with Gasteiger partial charge in [-0.25, -0.2) is 0 Å². The second-order valence-electron chi connectivity index (χ2n) is 5.34. The number of nitrogens with two attached hydrogens (primary N) is 1. The average Bonchev–Trinajstić information content (AvgIpc) is 2.91. The fraction of sp³-hybridized carbons (Fsp3) is 0.529. The Balaban J connectivity index is 1.92.